The lowest BCUT2D eigenvalue weighted by Gasteiger charge is -2.13. The number of thiazole rings is 1. The topological polar surface area (TPSA) is 51.2 Å². The number of rotatable bonds is 8. The lowest BCUT2D eigenvalue weighted by molar-refractivity contribution is -0.118. The summed E-state index contributed by atoms with van der Waals surface area (Å²) in [5, 5.41) is 4.57. The van der Waals surface area contributed by atoms with Crippen molar-refractivity contribution >= 4 is 44.2 Å². The van der Waals surface area contributed by atoms with Crippen LogP contribution in [-0.2, 0) is 28.9 Å². The second-order valence-electron chi connectivity index (χ2n) is 9.49. The Morgan fingerprint density at radius 2 is 2.15 bits per heavy atom. The molecule has 0 radical (unpaired) electrons. The molecule has 0 spiro atoms. The second-order valence-corrected chi connectivity index (χ2v) is 11.7. The van der Waals surface area contributed by atoms with E-state index in [0.717, 1.165) is 55.9 Å². The van der Waals surface area contributed by atoms with Crippen molar-refractivity contribution in [2.75, 3.05) is 19.8 Å². The van der Waals surface area contributed by atoms with Crippen LogP contribution >= 0.6 is 22.7 Å². The van der Waals surface area contributed by atoms with E-state index in [1.165, 1.54) is 36.7 Å². The minimum atomic E-state index is 0.360. The highest BCUT2D eigenvalue weighted by Crippen LogP contribution is 2.42. The summed E-state index contributed by atoms with van der Waals surface area (Å²) >= 11 is 3.59. The summed E-state index contributed by atoms with van der Waals surface area (Å²) in [5.74, 6) is 1.01. The molecule has 0 unspecified atom stereocenters. The van der Waals surface area contributed by atoms with E-state index in [1.54, 1.807) is 11.3 Å². The summed E-state index contributed by atoms with van der Waals surface area (Å²) < 4.78 is 6.69. The van der Waals surface area contributed by atoms with Crippen molar-refractivity contribution < 1.29 is 9.53 Å². The zero-order valence-corrected chi connectivity index (χ0v) is 21.2. The number of ether oxygens (including phenoxy) is 1. The second kappa shape index (κ2) is 10.2. The van der Waals surface area contributed by atoms with Crippen LogP contribution in [0.4, 0.5) is 0 Å². The van der Waals surface area contributed by atoms with Gasteiger partial charge in [-0.1, -0.05) is 32.4 Å². The number of aromatic nitrogens is 1. The smallest absolute Gasteiger partial charge is 0.138 e. The number of hydrogen-bond acceptors (Lipinski definition) is 6. The number of carbonyl (C=O) groups is 1. The van der Waals surface area contributed by atoms with Crippen molar-refractivity contribution in [3.8, 4) is 10.6 Å². The van der Waals surface area contributed by atoms with Gasteiger partial charge in [0, 0.05) is 34.7 Å². The predicted octanol–water partition coefficient (Wildman–Crippen LogP) is 6.41. The lowest BCUT2D eigenvalue weighted by atomic mass is 9.99. The fraction of sp³-hybridized carbons (Fsp3) is 0.481. The van der Waals surface area contributed by atoms with Crippen LogP contribution in [0.25, 0.3) is 26.4 Å². The third-order valence-corrected chi connectivity index (χ3v) is 8.82. The molecule has 0 saturated carbocycles. The van der Waals surface area contributed by atoms with Gasteiger partial charge in [-0.25, -0.2) is 4.98 Å². The maximum atomic E-state index is 12.8. The van der Waals surface area contributed by atoms with Gasteiger partial charge in [0.05, 0.1) is 23.4 Å². The van der Waals surface area contributed by atoms with Crippen molar-refractivity contribution in [3.05, 3.63) is 45.2 Å². The summed E-state index contributed by atoms with van der Waals surface area (Å²) in [6, 6.07) is 6.65. The molecule has 4 heterocycles. The molecule has 1 N–H and O–H groups in total. The lowest BCUT2D eigenvalue weighted by Crippen LogP contribution is -2.22. The molecule has 0 saturated heterocycles. The van der Waals surface area contributed by atoms with Crippen molar-refractivity contribution in [3.63, 3.8) is 0 Å². The Morgan fingerprint density at radius 1 is 1.24 bits per heavy atom. The van der Waals surface area contributed by atoms with Crippen LogP contribution in [0.1, 0.15) is 60.4 Å². The summed E-state index contributed by atoms with van der Waals surface area (Å²) in [5.41, 5.74) is 6.32. The zero-order chi connectivity index (χ0) is 22.8. The number of ketones is 1. The Labute approximate surface area is 204 Å². The molecule has 174 valence electrons. The van der Waals surface area contributed by atoms with Gasteiger partial charge in [0.2, 0.25) is 0 Å². The first-order chi connectivity index (χ1) is 16.1. The van der Waals surface area contributed by atoms with Gasteiger partial charge in [0.1, 0.15) is 10.8 Å². The van der Waals surface area contributed by atoms with Gasteiger partial charge >= 0.3 is 0 Å². The minimum absolute atomic E-state index is 0.360. The quantitative estimate of drug-likeness (QED) is 0.405. The zero-order valence-electron chi connectivity index (χ0n) is 19.5. The third kappa shape index (κ3) is 5.14. The van der Waals surface area contributed by atoms with E-state index < -0.39 is 0 Å². The SMILES string of the molecule is CC(C)CCCC(=O)Cc1sc2c(c1-c1nc3cc(C4=CCOCC4)ccc3s1)CCNC2. The van der Waals surface area contributed by atoms with Crippen molar-refractivity contribution in [1.82, 2.24) is 10.3 Å². The van der Waals surface area contributed by atoms with E-state index in [9.17, 15) is 4.79 Å². The Kier molecular flexibility index (Phi) is 7.07. The van der Waals surface area contributed by atoms with E-state index in [2.05, 4.69) is 43.4 Å². The van der Waals surface area contributed by atoms with Gasteiger partial charge in [-0.15, -0.1) is 22.7 Å². The normalized spacial score (nSPS) is 16.3. The number of Topliss-reactive ketones (excluding diaryl/α,β-unsaturated/α-hetero) is 1. The summed E-state index contributed by atoms with van der Waals surface area (Å²) in [4.78, 5) is 20.5. The molecule has 33 heavy (non-hydrogen) atoms. The largest absolute Gasteiger partial charge is 0.377 e. The molecular formula is C27H32N2O2S2. The standard InChI is InChI=1S/C27H32N2O2S2/c1-17(2)4-3-5-20(30)15-24-26(21-8-11-28-16-25(21)32-24)27-29-22-14-19(6-7-23(22)33-27)18-9-12-31-13-10-18/h6-7,9,14,17,28H,3-5,8,10-13,15-16H2,1-2H3. The Morgan fingerprint density at radius 3 is 2.97 bits per heavy atom. The highest BCUT2D eigenvalue weighted by atomic mass is 32.1. The average Bonchev–Trinajstić information content (AvgIpc) is 3.39. The van der Waals surface area contributed by atoms with Crippen molar-refractivity contribution in [2.45, 2.75) is 58.9 Å². The van der Waals surface area contributed by atoms with E-state index in [-0.39, 0.29) is 0 Å². The van der Waals surface area contributed by atoms with Crippen LogP contribution in [0.3, 0.4) is 0 Å². The molecule has 2 aliphatic rings. The number of nitrogens with zero attached hydrogens (tertiary/aromatic N) is 1. The van der Waals surface area contributed by atoms with Crippen LogP contribution in [0.5, 0.6) is 0 Å². The maximum Gasteiger partial charge on any atom is 0.138 e. The van der Waals surface area contributed by atoms with Gasteiger partial charge in [0.15, 0.2) is 0 Å². The molecule has 5 rings (SSSR count). The van der Waals surface area contributed by atoms with Crippen LogP contribution in [0, 0.1) is 5.92 Å². The molecule has 1 aromatic carbocycles. The summed E-state index contributed by atoms with van der Waals surface area (Å²) in [6.45, 7) is 7.82. The molecule has 2 aliphatic heterocycles. The van der Waals surface area contributed by atoms with Gasteiger partial charge in [0.25, 0.3) is 0 Å². The van der Waals surface area contributed by atoms with E-state index in [1.807, 2.05) is 11.3 Å². The number of fused-ring (bicyclic) bond motifs is 2. The maximum absolute atomic E-state index is 12.8. The van der Waals surface area contributed by atoms with Crippen molar-refractivity contribution in [1.29, 1.82) is 0 Å². The summed E-state index contributed by atoms with van der Waals surface area (Å²) in [6.07, 6.45) is 7.48. The van der Waals surface area contributed by atoms with Crippen LogP contribution in [0.2, 0.25) is 0 Å². The van der Waals surface area contributed by atoms with E-state index >= 15 is 0 Å². The number of hydrogen-bond donors (Lipinski definition) is 1. The first-order valence-corrected chi connectivity index (χ1v) is 13.8. The third-order valence-electron chi connectivity index (χ3n) is 6.53. The monoisotopic (exact) mass is 480 g/mol. The molecule has 6 heteroatoms. The molecule has 2 aromatic heterocycles. The average molecular weight is 481 g/mol. The number of carbonyl (C=O) groups excluding carboxylic acids is 1. The van der Waals surface area contributed by atoms with Crippen LogP contribution in [0.15, 0.2) is 24.3 Å². The fourth-order valence-corrected chi connectivity index (χ4v) is 7.23. The Bertz CT molecular complexity index is 1190. The predicted molar refractivity (Wildman–Crippen MR) is 139 cm³/mol. The first-order valence-electron chi connectivity index (χ1n) is 12.1. The minimum Gasteiger partial charge on any atom is -0.377 e. The molecule has 0 amide bonds. The van der Waals surface area contributed by atoms with E-state index in [0.29, 0.717) is 31.1 Å². The highest BCUT2D eigenvalue weighted by Gasteiger charge is 2.25. The number of thiophene rings is 1. The highest BCUT2D eigenvalue weighted by molar-refractivity contribution is 7.22. The fourth-order valence-electron chi connectivity index (χ4n) is 4.76. The Balaban J connectivity index is 1.46. The summed E-state index contributed by atoms with van der Waals surface area (Å²) in [7, 11) is 0. The van der Waals surface area contributed by atoms with Crippen LogP contribution in [-0.4, -0.2) is 30.5 Å². The van der Waals surface area contributed by atoms with Crippen molar-refractivity contribution in [2.24, 2.45) is 5.92 Å². The number of nitrogens with one attached hydrogen (secondary N) is 1. The molecule has 3 aromatic rings. The molecular weight excluding hydrogens is 448 g/mol. The van der Waals surface area contributed by atoms with Crippen LogP contribution < -0.4 is 5.32 Å². The van der Waals surface area contributed by atoms with Gasteiger partial charge in [-0.3, -0.25) is 4.79 Å². The number of benzene rings is 1. The van der Waals surface area contributed by atoms with Gasteiger partial charge in [-0.05, 0) is 60.6 Å². The van der Waals surface area contributed by atoms with Gasteiger partial charge in [-0.2, -0.15) is 0 Å². The Hall–Kier alpha value is -1.86. The molecule has 0 aliphatic carbocycles. The first kappa shape index (κ1) is 22.9. The molecule has 0 fully saturated rings. The van der Waals surface area contributed by atoms with E-state index in [4.69, 9.17) is 9.72 Å². The van der Waals surface area contributed by atoms with Gasteiger partial charge < -0.3 is 10.1 Å². The molecule has 4 nitrogen and oxygen atoms in total. The molecule has 0 atom stereocenters. The molecule has 0 bridgehead atoms.